The monoisotopic (exact) mass is 607 g/mol. The third-order valence-electron chi connectivity index (χ3n) is 9.83. The molecule has 1 amide bonds. The van der Waals surface area contributed by atoms with Crippen molar-refractivity contribution in [3.8, 4) is 22.6 Å². The summed E-state index contributed by atoms with van der Waals surface area (Å²) < 4.78 is 5.72. The van der Waals surface area contributed by atoms with Crippen molar-refractivity contribution in [1.29, 1.82) is 0 Å². The van der Waals surface area contributed by atoms with Gasteiger partial charge in [-0.3, -0.25) is 19.3 Å². The highest BCUT2D eigenvalue weighted by atomic mass is 16.5. The first-order valence-corrected chi connectivity index (χ1v) is 14.9. The van der Waals surface area contributed by atoms with Crippen LogP contribution in [0.4, 0.5) is 0 Å². The van der Waals surface area contributed by atoms with Crippen molar-refractivity contribution in [2.45, 2.75) is 51.0 Å². The van der Waals surface area contributed by atoms with Gasteiger partial charge in [0.2, 0.25) is 11.7 Å². The Morgan fingerprint density at radius 2 is 1.77 bits per heavy atom. The van der Waals surface area contributed by atoms with Crippen molar-refractivity contribution in [1.82, 2.24) is 9.80 Å². The van der Waals surface area contributed by atoms with E-state index in [9.17, 15) is 34.8 Å². The number of amides is 1. The molecule has 11 heteroatoms. The zero-order valence-corrected chi connectivity index (χ0v) is 25.7. The van der Waals surface area contributed by atoms with Crippen molar-refractivity contribution >= 4 is 23.2 Å². The molecule has 3 unspecified atom stereocenters. The molecule has 0 bridgehead atoms. The van der Waals surface area contributed by atoms with Crippen LogP contribution in [0.3, 0.4) is 0 Å². The number of aliphatic hydroxyl groups excluding tert-OH is 2. The number of nitrogens with two attached hydrogens (primary N) is 1. The summed E-state index contributed by atoms with van der Waals surface area (Å²) in [6.45, 7) is 6.66. The molecule has 3 aliphatic carbocycles. The Morgan fingerprint density at radius 1 is 1.09 bits per heavy atom. The van der Waals surface area contributed by atoms with Crippen LogP contribution in [0.25, 0.3) is 16.9 Å². The fourth-order valence-electron chi connectivity index (χ4n) is 7.63. The first-order valence-electron chi connectivity index (χ1n) is 14.9. The van der Waals surface area contributed by atoms with Gasteiger partial charge in [-0.15, -0.1) is 0 Å². The Morgan fingerprint density at radius 3 is 2.36 bits per heavy atom. The van der Waals surface area contributed by atoms with Gasteiger partial charge in [-0.2, -0.15) is 0 Å². The summed E-state index contributed by atoms with van der Waals surface area (Å²) in [5.74, 6) is -7.11. The predicted octanol–water partition coefficient (Wildman–Crippen LogP) is 1.65. The first kappa shape index (κ1) is 31.6. The number of carbonyl (C=O) groups is 3. The first-order chi connectivity index (χ1) is 20.8. The average molecular weight is 608 g/mol. The molecule has 0 spiro atoms. The summed E-state index contributed by atoms with van der Waals surface area (Å²) in [5.41, 5.74) is 5.71. The molecule has 2 aromatic rings. The van der Waals surface area contributed by atoms with Gasteiger partial charge in [0.05, 0.1) is 18.8 Å². The second kappa shape index (κ2) is 11.6. The highest BCUT2D eigenvalue weighted by Gasteiger charge is 2.67. The van der Waals surface area contributed by atoms with Crippen LogP contribution in [-0.2, 0) is 27.3 Å². The molecule has 11 nitrogen and oxygen atoms in total. The largest absolute Gasteiger partial charge is 0.507 e. The van der Waals surface area contributed by atoms with E-state index in [2.05, 4.69) is 18.7 Å². The van der Waals surface area contributed by atoms with E-state index < -0.39 is 58.7 Å². The molecule has 6 N–H and O–H groups in total. The molecular weight excluding hydrogens is 566 g/mol. The number of carbonyl (C=O) groups excluding carboxylic acids is 3. The highest BCUT2D eigenvalue weighted by Crippen LogP contribution is 2.53. The molecule has 0 saturated heterocycles. The number of rotatable bonds is 8. The van der Waals surface area contributed by atoms with Crippen molar-refractivity contribution in [3.05, 3.63) is 52.6 Å². The van der Waals surface area contributed by atoms with Gasteiger partial charge >= 0.3 is 0 Å². The minimum absolute atomic E-state index is 0.0410. The zero-order valence-electron chi connectivity index (χ0n) is 25.7. The minimum atomic E-state index is -2.69. The summed E-state index contributed by atoms with van der Waals surface area (Å²) in [6, 6.07) is 8.13. The lowest BCUT2D eigenvalue weighted by Gasteiger charge is -2.53. The summed E-state index contributed by atoms with van der Waals surface area (Å²) in [6.07, 6.45) is -1.29. The van der Waals surface area contributed by atoms with Gasteiger partial charge in [0, 0.05) is 29.6 Å². The fraction of sp³-hybridized carbons (Fsp3) is 0.485. The average Bonchev–Trinajstić information content (AvgIpc) is 2.97. The van der Waals surface area contributed by atoms with Crippen molar-refractivity contribution in [3.63, 3.8) is 0 Å². The van der Waals surface area contributed by atoms with Gasteiger partial charge in [0.1, 0.15) is 23.2 Å². The number of Topliss-reactive ketones (excluding diaryl/α,β-unsaturated/α-hetero) is 2. The highest BCUT2D eigenvalue weighted by molar-refractivity contribution is 6.25. The van der Waals surface area contributed by atoms with Crippen molar-refractivity contribution < 1.29 is 39.5 Å². The lowest BCUT2D eigenvalue weighted by molar-refractivity contribution is -0.184. The van der Waals surface area contributed by atoms with E-state index in [1.165, 1.54) is 6.07 Å². The lowest BCUT2D eigenvalue weighted by Crippen LogP contribution is -2.73. The number of hydrogen-bond acceptors (Lipinski definition) is 10. The third kappa shape index (κ3) is 4.70. The molecular formula is C33H41N3O8. The fourth-order valence-corrected chi connectivity index (χ4v) is 7.63. The van der Waals surface area contributed by atoms with Crippen LogP contribution in [0.2, 0.25) is 0 Å². The molecule has 5 rings (SSSR count). The maximum atomic E-state index is 14.1. The smallest absolute Gasteiger partial charge is 0.230 e. The number of likely N-dealkylation sites (N-methyl/N-ethyl adjacent to an activating group) is 1. The maximum absolute atomic E-state index is 14.1. The number of primary amides is 1. The number of benzene rings is 2. The van der Waals surface area contributed by atoms with E-state index in [1.807, 2.05) is 18.2 Å². The number of phenolic OH excluding ortho intramolecular Hbond substituents is 1. The number of nitrogens with zero attached hydrogens (tertiary/aromatic N) is 2. The van der Waals surface area contributed by atoms with E-state index in [0.717, 1.165) is 24.2 Å². The lowest BCUT2D eigenvalue weighted by atomic mass is 9.54. The van der Waals surface area contributed by atoms with E-state index in [0.29, 0.717) is 23.4 Å². The normalized spacial score (nSPS) is 28.2. The van der Waals surface area contributed by atoms with Crippen LogP contribution < -0.4 is 10.5 Å². The molecule has 3 aliphatic rings. The zero-order chi connectivity index (χ0) is 32.2. The molecule has 0 radical (unpaired) electrons. The van der Waals surface area contributed by atoms with Crippen LogP contribution in [0.1, 0.15) is 37.0 Å². The van der Waals surface area contributed by atoms with Gasteiger partial charge in [-0.25, -0.2) is 0 Å². The van der Waals surface area contributed by atoms with E-state index in [4.69, 9.17) is 10.5 Å². The predicted molar refractivity (Wildman–Crippen MR) is 163 cm³/mol. The van der Waals surface area contributed by atoms with Crippen molar-refractivity contribution in [2.24, 2.45) is 23.5 Å². The minimum Gasteiger partial charge on any atom is -0.507 e. The molecule has 6 atom stereocenters. The SMILES string of the molecule is CCN(CC)Cc1ccc(OC)c(-c2ccc(O)c3c2C[C@@H]2C[C@@H]4C(N(C)C)C(O)C(C(N)=O)C(=O)[C@]4(O)C(=O)C2=C3O)c1. The quantitative estimate of drug-likeness (QED) is 0.278. The van der Waals surface area contributed by atoms with Crippen molar-refractivity contribution in [2.75, 3.05) is 34.3 Å². The van der Waals surface area contributed by atoms with E-state index in [1.54, 1.807) is 32.2 Å². The van der Waals surface area contributed by atoms with Gasteiger partial charge in [0.15, 0.2) is 11.4 Å². The number of hydrogen-bond donors (Lipinski definition) is 5. The molecule has 2 saturated carbocycles. The van der Waals surface area contributed by atoms with Crippen LogP contribution in [-0.4, -0.2) is 99.7 Å². The second-order valence-electron chi connectivity index (χ2n) is 12.3. The molecule has 0 aliphatic heterocycles. The van der Waals surface area contributed by atoms with Gasteiger partial charge in [-0.1, -0.05) is 26.0 Å². The topological polar surface area (TPSA) is 174 Å². The molecule has 2 aromatic carbocycles. The van der Waals surface area contributed by atoms with Gasteiger partial charge in [0.25, 0.3) is 0 Å². The maximum Gasteiger partial charge on any atom is 0.230 e. The standard InChI is InChI=1S/C33H41N3O8/c1-6-36(7-2)15-16-8-11-23(44-5)19(12-16)18-9-10-22(37)25-20(18)13-17-14-21-27(35(3)4)29(39)26(32(34)42)31(41)33(21,43)30(40)24(17)28(25)38/h8-12,17,21,26-27,29,37-39,43H,6-7,13-15H2,1-5H3,(H2,34,42)/t17-,21-,26?,27?,29?,33-/m1/s1. The number of phenols is 1. The van der Waals surface area contributed by atoms with Crippen LogP contribution in [0.15, 0.2) is 35.9 Å². The number of fused-ring (bicyclic) bond motifs is 3. The molecule has 236 valence electrons. The molecule has 2 fully saturated rings. The Labute approximate surface area is 256 Å². The Balaban J connectivity index is 1.68. The molecule has 0 aromatic heterocycles. The van der Waals surface area contributed by atoms with Crippen LogP contribution >= 0.6 is 0 Å². The number of methoxy groups -OCH3 is 1. The van der Waals surface area contributed by atoms with E-state index >= 15 is 0 Å². The van der Waals surface area contributed by atoms with Gasteiger partial charge in [-0.05, 0) is 80.8 Å². The van der Waals surface area contributed by atoms with E-state index in [-0.39, 0.29) is 29.7 Å². The van der Waals surface area contributed by atoms with Gasteiger partial charge < -0.3 is 35.8 Å². The Bertz CT molecular complexity index is 1550. The van der Waals surface area contributed by atoms with Crippen LogP contribution in [0, 0.1) is 17.8 Å². The summed E-state index contributed by atoms with van der Waals surface area (Å²) in [7, 11) is 4.82. The molecule has 0 heterocycles. The number of ether oxygens (including phenoxy) is 1. The van der Waals surface area contributed by atoms with Crippen LogP contribution in [0.5, 0.6) is 11.5 Å². The summed E-state index contributed by atoms with van der Waals surface area (Å²) >= 11 is 0. The number of ketones is 2. The number of aromatic hydroxyl groups is 1. The summed E-state index contributed by atoms with van der Waals surface area (Å²) in [5, 5.41) is 45.5. The summed E-state index contributed by atoms with van der Waals surface area (Å²) in [4.78, 5) is 43.8. The molecule has 44 heavy (non-hydrogen) atoms. The Kier molecular flexibility index (Phi) is 8.36. The number of aliphatic hydroxyl groups is 3. The third-order valence-corrected chi connectivity index (χ3v) is 9.83. The Hall–Kier alpha value is -3.77. The second-order valence-corrected chi connectivity index (χ2v) is 12.3.